The van der Waals surface area contributed by atoms with E-state index >= 15 is 0 Å². The summed E-state index contributed by atoms with van der Waals surface area (Å²) >= 11 is 0. The van der Waals surface area contributed by atoms with Crippen LogP contribution in [0.2, 0.25) is 0 Å². The van der Waals surface area contributed by atoms with E-state index in [2.05, 4.69) is 32.2 Å². The van der Waals surface area contributed by atoms with Crippen molar-refractivity contribution < 1.29 is 28.5 Å². The Morgan fingerprint density at radius 1 is 1.14 bits per heavy atom. The third-order valence-electron chi connectivity index (χ3n) is 7.94. The van der Waals surface area contributed by atoms with Gasteiger partial charge in [-0.15, -0.1) is 0 Å². The molecule has 1 aromatic carbocycles. The summed E-state index contributed by atoms with van der Waals surface area (Å²) in [6.45, 7) is 8.38. The van der Waals surface area contributed by atoms with E-state index in [-0.39, 0.29) is 11.8 Å². The van der Waals surface area contributed by atoms with Crippen LogP contribution in [0.4, 0.5) is 10.5 Å². The van der Waals surface area contributed by atoms with Crippen LogP contribution in [-0.2, 0) is 23.7 Å². The quantitative estimate of drug-likeness (QED) is 0.420. The highest BCUT2D eigenvalue weighted by atomic mass is 16.7. The van der Waals surface area contributed by atoms with Crippen molar-refractivity contribution in [3.05, 3.63) is 65.8 Å². The molecule has 0 saturated carbocycles. The van der Waals surface area contributed by atoms with Crippen LogP contribution in [0.3, 0.4) is 0 Å². The van der Waals surface area contributed by atoms with Gasteiger partial charge in [-0.25, -0.2) is 9.59 Å². The van der Waals surface area contributed by atoms with Gasteiger partial charge < -0.3 is 18.9 Å². The van der Waals surface area contributed by atoms with Gasteiger partial charge in [0.1, 0.15) is 11.7 Å². The van der Waals surface area contributed by atoms with Gasteiger partial charge in [0, 0.05) is 12.8 Å². The summed E-state index contributed by atoms with van der Waals surface area (Å²) in [4.78, 5) is 26.1. The van der Waals surface area contributed by atoms with E-state index in [1.165, 1.54) is 19.8 Å². The first kappa shape index (κ1) is 26.2. The fourth-order valence-electron chi connectivity index (χ4n) is 5.80. The number of amides is 1. The van der Waals surface area contributed by atoms with E-state index in [1.54, 1.807) is 18.2 Å². The maximum atomic E-state index is 13.1. The van der Waals surface area contributed by atoms with Crippen LogP contribution in [0.25, 0.3) is 0 Å². The Bertz CT molecular complexity index is 1080. The number of nitrogens with one attached hydrogen (secondary N) is 1. The Labute approximate surface area is 213 Å². The Morgan fingerprint density at radius 3 is 2.50 bits per heavy atom. The highest BCUT2D eigenvalue weighted by Gasteiger charge is 2.55. The fourth-order valence-corrected chi connectivity index (χ4v) is 5.80. The number of hydrogen-bond acceptors (Lipinski definition) is 6. The second-order valence-electron chi connectivity index (χ2n) is 10.5. The molecule has 0 unspecified atom stereocenters. The van der Waals surface area contributed by atoms with Crippen molar-refractivity contribution in [3.8, 4) is 0 Å². The summed E-state index contributed by atoms with van der Waals surface area (Å²) in [5.74, 6) is -1.21. The maximum absolute atomic E-state index is 13.1. The van der Waals surface area contributed by atoms with Gasteiger partial charge in [0.2, 0.25) is 5.79 Å². The number of para-hydroxylation sites is 1. The zero-order chi connectivity index (χ0) is 26.1. The SMILES string of the molecule is COC(=O)/C1=C/[C@@H]2[C@@H](C(C)C)CC=C(C)[C@@H]2C[C@H](OC(=O)Nc2ccccc2)[C@]2(C)C=C[C@@]1(OC)O2. The van der Waals surface area contributed by atoms with E-state index in [0.29, 0.717) is 29.5 Å². The summed E-state index contributed by atoms with van der Waals surface area (Å²) in [7, 11) is 2.87. The number of benzene rings is 1. The number of allylic oxidation sites excluding steroid dienone is 3. The normalized spacial score (nSPS) is 34.9. The summed E-state index contributed by atoms with van der Waals surface area (Å²) in [5.41, 5.74) is 1.14. The molecule has 0 aromatic heterocycles. The molecule has 6 atom stereocenters. The lowest BCUT2D eigenvalue weighted by atomic mass is 9.65. The van der Waals surface area contributed by atoms with E-state index in [4.69, 9.17) is 18.9 Å². The van der Waals surface area contributed by atoms with Crippen LogP contribution >= 0.6 is 0 Å². The molecule has 0 fully saturated rings. The van der Waals surface area contributed by atoms with Crippen LogP contribution in [0.5, 0.6) is 0 Å². The lowest BCUT2D eigenvalue weighted by Crippen LogP contribution is -2.48. The van der Waals surface area contributed by atoms with E-state index in [0.717, 1.165) is 6.42 Å². The van der Waals surface area contributed by atoms with Gasteiger partial charge in [0.05, 0.1) is 12.7 Å². The molecule has 7 nitrogen and oxygen atoms in total. The molecule has 2 aliphatic heterocycles. The predicted molar refractivity (Wildman–Crippen MR) is 137 cm³/mol. The Kier molecular flexibility index (Phi) is 7.43. The first-order chi connectivity index (χ1) is 17.1. The highest BCUT2D eigenvalue weighted by Crippen LogP contribution is 2.49. The minimum absolute atomic E-state index is 0.0133. The standard InChI is InChI=1S/C29H37NO6/c1-18(2)21-13-12-19(3)22-17-25(35-27(32)30-20-10-8-7-9-11-20)28(4)14-15-29(34-6,36-28)24(16-23(21)22)26(31)33-5/h7-12,14-16,18,21-23,25H,13,17H2,1-6H3,(H,30,32)/b24-16-/t21-,22+,23-,25+,28+,29-/m1/s1. The maximum Gasteiger partial charge on any atom is 0.412 e. The summed E-state index contributed by atoms with van der Waals surface area (Å²) in [6.07, 6.45) is 8.07. The number of carbonyl (C=O) groups excluding carboxylic acids is 2. The molecule has 0 saturated heterocycles. The third kappa shape index (κ3) is 4.87. The second-order valence-corrected chi connectivity index (χ2v) is 10.5. The molecule has 2 bridgehead atoms. The zero-order valence-corrected chi connectivity index (χ0v) is 21.9. The molecule has 4 rings (SSSR count). The highest BCUT2D eigenvalue weighted by molar-refractivity contribution is 5.91. The van der Waals surface area contributed by atoms with Gasteiger partial charge in [-0.3, -0.25) is 5.32 Å². The molecule has 1 aliphatic carbocycles. The van der Waals surface area contributed by atoms with Crippen molar-refractivity contribution in [2.45, 2.75) is 58.0 Å². The van der Waals surface area contributed by atoms with Crippen molar-refractivity contribution in [2.75, 3.05) is 19.5 Å². The molecule has 7 heteroatoms. The Balaban J connectivity index is 1.78. The monoisotopic (exact) mass is 495 g/mol. The molecular formula is C29H37NO6. The second kappa shape index (κ2) is 10.2. The van der Waals surface area contributed by atoms with Gasteiger partial charge in [-0.1, -0.05) is 49.8 Å². The molecule has 2 heterocycles. The summed E-state index contributed by atoms with van der Waals surface area (Å²) in [6, 6.07) is 9.18. The van der Waals surface area contributed by atoms with Crippen molar-refractivity contribution in [1.82, 2.24) is 0 Å². The number of methoxy groups -OCH3 is 2. The van der Waals surface area contributed by atoms with Crippen LogP contribution in [0.1, 0.15) is 40.5 Å². The number of fused-ring (bicyclic) bond motifs is 3. The average molecular weight is 496 g/mol. The Hall–Kier alpha value is -2.90. The van der Waals surface area contributed by atoms with Crippen LogP contribution in [-0.4, -0.2) is 43.8 Å². The third-order valence-corrected chi connectivity index (χ3v) is 7.94. The minimum Gasteiger partial charge on any atom is -0.466 e. The van der Waals surface area contributed by atoms with E-state index in [9.17, 15) is 9.59 Å². The number of hydrogen-bond donors (Lipinski definition) is 1. The molecule has 1 N–H and O–H groups in total. The lowest BCUT2D eigenvalue weighted by molar-refractivity contribution is -0.221. The van der Waals surface area contributed by atoms with Crippen molar-refractivity contribution in [3.63, 3.8) is 0 Å². The van der Waals surface area contributed by atoms with Gasteiger partial charge in [0.25, 0.3) is 0 Å². The minimum atomic E-state index is -1.44. The lowest BCUT2D eigenvalue weighted by Gasteiger charge is -2.41. The predicted octanol–water partition coefficient (Wildman–Crippen LogP) is 5.65. The first-order valence-corrected chi connectivity index (χ1v) is 12.6. The number of carbonyl (C=O) groups is 2. The molecular weight excluding hydrogens is 458 g/mol. The van der Waals surface area contributed by atoms with Crippen molar-refractivity contribution in [2.24, 2.45) is 23.7 Å². The van der Waals surface area contributed by atoms with Crippen molar-refractivity contribution in [1.29, 1.82) is 0 Å². The van der Waals surface area contributed by atoms with Crippen LogP contribution < -0.4 is 5.32 Å². The number of esters is 1. The Morgan fingerprint density at radius 2 is 1.86 bits per heavy atom. The van der Waals surface area contributed by atoms with Crippen LogP contribution in [0.15, 0.2) is 65.8 Å². The van der Waals surface area contributed by atoms with E-state index < -0.39 is 29.6 Å². The summed E-state index contributed by atoms with van der Waals surface area (Å²) in [5, 5.41) is 2.81. The van der Waals surface area contributed by atoms with Gasteiger partial charge in [0.15, 0.2) is 0 Å². The number of rotatable bonds is 5. The van der Waals surface area contributed by atoms with Gasteiger partial charge in [-0.2, -0.15) is 0 Å². The fraction of sp³-hybridized carbons (Fsp3) is 0.517. The number of anilines is 1. The van der Waals surface area contributed by atoms with Gasteiger partial charge >= 0.3 is 12.1 Å². The van der Waals surface area contributed by atoms with Crippen molar-refractivity contribution >= 4 is 17.7 Å². The molecule has 3 aliphatic rings. The number of ether oxygens (including phenoxy) is 4. The molecule has 194 valence electrons. The molecule has 1 amide bonds. The molecule has 0 spiro atoms. The largest absolute Gasteiger partial charge is 0.466 e. The molecule has 0 radical (unpaired) electrons. The first-order valence-electron chi connectivity index (χ1n) is 12.6. The van der Waals surface area contributed by atoms with E-state index in [1.807, 2.05) is 37.3 Å². The summed E-state index contributed by atoms with van der Waals surface area (Å²) < 4.78 is 23.6. The molecule has 36 heavy (non-hydrogen) atoms. The van der Waals surface area contributed by atoms with Gasteiger partial charge in [-0.05, 0) is 74.6 Å². The average Bonchev–Trinajstić information content (AvgIpc) is 3.23. The topological polar surface area (TPSA) is 83.1 Å². The molecule has 1 aromatic rings. The zero-order valence-electron chi connectivity index (χ0n) is 21.9. The van der Waals surface area contributed by atoms with Crippen LogP contribution in [0, 0.1) is 23.7 Å². The smallest absolute Gasteiger partial charge is 0.412 e.